The van der Waals surface area contributed by atoms with Gasteiger partial charge in [0.2, 0.25) is 0 Å². The number of carbonyl (C=O) groups excluding carboxylic acids is 1. The number of hydrogen-bond donors (Lipinski definition) is 0. The molecule has 0 saturated heterocycles. The Morgan fingerprint density at radius 3 is 2.50 bits per heavy atom. The lowest BCUT2D eigenvalue weighted by Gasteiger charge is -2.41. The summed E-state index contributed by atoms with van der Waals surface area (Å²) in [7, 11) is 0. The summed E-state index contributed by atoms with van der Waals surface area (Å²) in [5.74, 6) is 2.50. The molecule has 3 heteroatoms. The molecule has 0 aromatic rings. The third-order valence-electron chi connectivity index (χ3n) is 4.74. The fourth-order valence-electron chi connectivity index (χ4n) is 4.07. The molecule has 3 atom stereocenters. The maximum atomic E-state index is 11.8. The maximum Gasteiger partial charge on any atom is 0.136 e. The molecular formula is C13H22I2O. The number of carbonyl (C=O) groups is 1. The fraction of sp³-hybridized carbons (Fsp3) is 0.923. The number of rotatable bonds is 1. The van der Waals surface area contributed by atoms with Gasteiger partial charge in [-0.25, -0.2) is 0 Å². The van der Waals surface area contributed by atoms with Gasteiger partial charge in [0, 0.05) is 49.6 Å². The van der Waals surface area contributed by atoms with Gasteiger partial charge in [0.15, 0.2) is 0 Å². The van der Waals surface area contributed by atoms with Crippen molar-refractivity contribution in [2.45, 2.75) is 52.9 Å². The predicted octanol–water partition coefficient (Wildman–Crippen LogP) is 5.20. The quantitative estimate of drug-likeness (QED) is 0.505. The minimum atomic E-state index is 0.351. The number of ketones is 1. The molecule has 0 amide bonds. The van der Waals surface area contributed by atoms with Gasteiger partial charge in [-0.1, -0.05) is 20.8 Å². The van der Waals surface area contributed by atoms with Crippen LogP contribution in [0.15, 0.2) is 0 Å². The summed E-state index contributed by atoms with van der Waals surface area (Å²) in [5, 5.41) is 0. The first-order valence-corrected chi connectivity index (χ1v) is 12.5. The van der Waals surface area contributed by atoms with Gasteiger partial charge in [-0.2, -0.15) is 0 Å². The number of hydrogen-bond acceptors (Lipinski definition) is 1. The van der Waals surface area contributed by atoms with Gasteiger partial charge in [0.05, 0.1) is 0 Å². The fourth-order valence-corrected chi connectivity index (χ4v) is 4.07. The van der Waals surface area contributed by atoms with Gasteiger partial charge in [-0.3, -0.25) is 4.79 Å². The van der Waals surface area contributed by atoms with Crippen LogP contribution < -0.4 is 0 Å². The second-order valence-corrected chi connectivity index (χ2v) is 5.81. The second-order valence-electron chi connectivity index (χ2n) is 5.81. The molecule has 16 heavy (non-hydrogen) atoms. The number of fused-ring (bicyclic) bond motifs is 1. The van der Waals surface area contributed by atoms with Crippen LogP contribution in [0.2, 0.25) is 0 Å². The first-order valence-electron chi connectivity index (χ1n) is 6.22. The van der Waals surface area contributed by atoms with Crippen molar-refractivity contribution < 1.29 is 4.79 Å². The molecule has 0 aromatic heterocycles. The Hall–Kier alpha value is 1.13. The van der Waals surface area contributed by atoms with Gasteiger partial charge in [-0.15, -0.1) is 0 Å². The van der Waals surface area contributed by atoms with Gasteiger partial charge >= 0.3 is 0 Å². The van der Waals surface area contributed by atoms with Crippen LogP contribution in [0.3, 0.4) is 0 Å². The standard InChI is InChI=1S/C13H22O.I2/c1-9(2)10-6-7-11-12(14)5-4-8-13(10,11)3;1-2/h9-11H,4-8H2,1-3H3;/t10?,11?,13-;/m1./s1. The Morgan fingerprint density at radius 2 is 1.94 bits per heavy atom. The van der Waals surface area contributed by atoms with Gasteiger partial charge in [0.1, 0.15) is 5.78 Å². The maximum absolute atomic E-state index is 11.8. The molecular weight excluding hydrogens is 426 g/mol. The Morgan fingerprint density at radius 1 is 1.31 bits per heavy atom. The lowest BCUT2D eigenvalue weighted by atomic mass is 9.62. The lowest BCUT2D eigenvalue weighted by molar-refractivity contribution is -0.130. The molecule has 2 aliphatic carbocycles. The summed E-state index contributed by atoms with van der Waals surface area (Å²) in [6.45, 7) is 7.00. The normalized spacial score (nSPS) is 38.0. The highest BCUT2D eigenvalue weighted by Crippen LogP contribution is 2.56. The summed E-state index contributed by atoms with van der Waals surface area (Å²) < 4.78 is 0. The van der Waals surface area contributed by atoms with Crippen LogP contribution >= 0.6 is 37.2 Å². The SMILES string of the molecule is CC(C)C1CCC2C(=O)CCC[C@@]21C.II. The summed E-state index contributed by atoms with van der Waals surface area (Å²) in [5.41, 5.74) is 0.351. The van der Waals surface area contributed by atoms with Crippen molar-refractivity contribution in [2.75, 3.05) is 0 Å². The van der Waals surface area contributed by atoms with Gasteiger partial charge < -0.3 is 0 Å². The van der Waals surface area contributed by atoms with Crippen LogP contribution in [0, 0.1) is 23.2 Å². The van der Waals surface area contributed by atoms with E-state index in [1.54, 1.807) is 0 Å². The highest BCUT2D eigenvalue weighted by Gasteiger charge is 2.51. The highest BCUT2D eigenvalue weighted by molar-refractivity contribution is 15.0. The largest absolute Gasteiger partial charge is 0.299 e. The van der Waals surface area contributed by atoms with E-state index in [1.165, 1.54) is 12.8 Å². The van der Waals surface area contributed by atoms with Gasteiger partial charge in [0.25, 0.3) is 0 Å². The van der Waals surface area contributed by atoms with E-state index < -0.39 is 0 Å². The minimum Gasteiger partial charge on any atom is -0.299 e. The minimum absolute atomic E-state index is 0.351. The third kappa shape index (κ3) is 2.75. The smallest absolute Gasteiger partial charge is 0.136 e. The predicted molar refractivity (Wildman–Crippen MR) is 86.1 cm³/mol. The number of halogens is 2. The topological polar surface area (TPSA) is 17.1 Å². The molecule has 0 heterocycles. The van der Waals surface area contributed by atoms with Crippen molar-refractivity contribution in [1.29, 1.82) is 0 Å². The average molecular weight is 448 g/mol. The summed E-state index contributed by atoms with van der Waals surface area (Å²) in [4.78, 5) is 11.8. The molecule has 94 valence electrons. The van der Waals surface area contributed by atoms with Crippen molar-refractivity contribution in [3.05, 3.63) is 0 Å². The zero-order valence-electron chi connectivity index (χ0n) is 10.4. The molecule has 0 radical (unpaired) electrons. The van der Waals surface area contributed by atoms with Crippen LogP contribution in [-0.2, 0) is 4.79 Å². The van der Waals surface area contributed by atoms with Crippen LogP contribution in [-0.4, -0.2) is 5.78 Å². The Bertz CT molecular complexity index is 252. The summed E-state index contributed by atoms with van der Waals surface area (Å²) in [6, 6.07) is 0. The monoisotopic (exact) mass is 448 g/mol. The second kappa shape index (κ2) is 6.34. The molecule has 2 fully saturated rings. The van der Waals surface area contributed by atoms with Crippen molar-refractivity contribution in [3.63, 3.8) is 0 Å². The molecule has 0 N–H and O–H groups in total. The van der Waals surface area contributed by atoms with Crippen LogP contribution in [0.4, 0.5) is 0 Å². The van der Waals surface area contributed by atoms with E-state index in [9.17, 15) is 4.79 Å². The number of Topliss-reactive ketones (excluding diaryl/α,β-unsaturated/α-hetero) is 1. The molecule has 0 aromatic carbocycles. The zero-order valence-corrected chi connectivity index (χ0v) is 14.7. The molecule has 2 aliphatic rings. The molecule has 0 aliphatic heterocycles. The van der Waals surface area contributed by atoms with E-state index in [-0.39, 0.29) is 0 Å². The molecule has 0 spiro atoms. The summed E-state index contributed by atoms with van der Waals surface area (Å²) >= 11 is 4.24. The Labute approximate surface area is 123 Å². The van der Waals surface area contributed by atoms with Crippen molar-refractivity contribution in [3.8, 4) is 0 Å². The first-order chi connectivity index (χ1) is 7.55. The van der Waals surface area contributed by atoms with E-state index in [0.717, 1.165) is 31.1 Å². The zero-order chi connectivity index (χ0) is 12.3. The van der Waals surface area contributed by atoms with E-state index in [2.05, 4.69) is 58.0 Å². The van der Waals surface area contributed by atoms with Crippen LogP contribution in [0.25, 0.3) is 0 Å². The lowest BCUT2D eigenvalue weighted by Crippen LogP contribution is -2.38. The molecule has 2 rings (SSSR count). The third-order valence-corrected chi connectivity index (χ3v) is 4.74. The Balaban J connectivity index is 0.000000606. The van der Waals surface area contributed by atoms with Crippen LogP contribution in [0.5, 0.6) is 0 Å². The molecule has 0 bridgehead atoms. The van der Waals surface area contributed by atoms with E-state index in [1.807, 2.05) is 0 Å². The summed E-state index contributed by atoms with van der Waals surface area (Å²) in [6.07, 6.45) is 5.72. The van der Waals surface area contributed by atoms with Crippen LogP contribution in [0.1, 0.15) is 52.9 Å². The molecule has 2 unspecified atom stereocenters. The van der Waals surface area contributed by atoms with E-state index in [0.29, 0.717) is 17.1 Å². The first kappa shape index (κ1) is 15.2. The highest BCUT2D eigenvalue weighted by atomic mass is 128. The Kier molecular flexibility index (Phi) is 6.02. The molecule has 2 saturated carbocycles. The van der Waals surface area contributed by atoms with Crippen molar-refractivity contribution >= 4 is 43.0 Å². The van der Waals surface area contributed by atoms with Crippen molar-refractivity contribution in [2.24, 2.45) is 23.2 Å². The van der Waals surface area contributed by atoms with Gasteiger partial charge in [-0.05, 0) is 42.9 Å². The van der Waals surface area contributed by atoms with Crippen molar-refractivity contribution in [1.82, 2.24) is 0 Å². The molecule has 1 nitrogen and oxygen atoms in total. The van der Waals surface area contributed by atoms with E-state index >= 15 is 0 Å². The van der Waals surface area contributed by atoms with E-state index in [4.69, 9.17) is 0 Å². The average Bonchev–Trinajstić information content (AvgIpc) is 2.59.